The Morgan fingerprint density at radius 1 is 1.37 bits per heavy atom. The summed E-state index contributed by atoms with van der Waals surface area (Å²) in [5.74, 6) is 0.271. The fourth-order valence-corrected chi connectivity index (χ4v) is 3.15. The molecule has 1 aromatic rings. The third-order valence-corrected chi connectivity index (χ3v) is 4.11. The SMILES string of the molecule is NCCc1ccc2c(c1)CCC(=O)N2C1CCNC1. The van der Waals surface area contributed by atoms with E-state index in [0.29, 0.717) is 19.0 Å². The van der Waals surface area contributed by atoms with Crippen LogP contribution in [-0.4, -0.2) is 31.6 Å². The maximum atomic E-state index is 12.2. The number of hydrogen-bond donors (Lipinski definition) is 2. The normalized spacial score (nSPS) is 22.7. The number of aryl methyl sites for hydroxylation is 1. The Kier molecular flexibility index (Phi) is 3.53. The van der Waals surface area contributed by atoms with E-state index in [1.165, 1.54) is 11.1 Å². The van der Waals surface area contributed by atoms with Crippen LogP contribution in [0.25, 0.3) is 0 Å². The van der Waals surface area contributed by atoms with Crippen molar-refractivity contribution in [1.82, 2.24) is 5.32 Å². The molecule has 1 fully saturated rings. The van der Waals surface area contributed by atoms with E-state index in [2.05, 4.69) is 23.5 Å². The Morgan fingerprint density at radius 2 is 2.26 bits per heavy atom. The molecule has 0 aromatic heterocycles. The number of benzene rings is 1. The lowest BCUT2D eigenvalue weighted by molar-refractivity contribution is -0.119. The molecule has 3 N–H and O–H groups in total. The lowest BCUT2D eigenvalue weighted by atomic mass is 9.96. The summed E-state index contributed by atoms with van der Waals surface area (Å²) in [6, 6.07) is 6.77. The van der Waals surface area contributed by atoms with Gasteiger partial charge < -0.3 is 16.0 Å². The molecule has 2 heterocycles. The maximum absolute atomic E-state index is 12.2. The molecule has 1 saturated heterocycles. The molecule has 0 saturated carbocycles. The molecule has 3 rings (SSSR count). The van der Waals surface area contributed by atoms with Crippen molar-refractivity contribution in [2.24, 2.45) is 5.73 Å². The van der Waals surface area contributed by atoms with Gasteiger partial charge in [0.15, 0.2) is 0 Å². The third kappa shape index (κ3) is 2.38. The molecule has 2 aliphatic rings. The van der Waals surface area contributed by atoms with Gasteiger partial charge in [-0.05, 0) is 49.5 Å². The van der Waals surface area contributed by atoms with Gasteiger partial charge in [-0.2, -0.15) is 0 Å². The van der Waals surface area contributed by atoms with Crippen molar-refractivity contribution in [2.75, 3.05) is 24.5 Å². The Balaban J connectivity index is 1.93. The van der Waals surface area contributed by atoms with Gasteiger partial charge in [0.25, 0.3) is 0 Å². The predicted molar refractivity (Wildman–Crippen MR) is 76.3 cm³/mol. The molecule has 1 aromatic carbocycles. The molecule has 1 atom stereocenters. The highest BCUT2D eigenvalue weighted by molar-refractivity contribution is 5.97. The number of amides is 1. The highest BCUT2D eigenvalue weighted by Crippen LogP contribution is 2.31. The maximum Gasteiger partial charge on any atom is 0.227 e. The van der Waals surface area contributed by atoms with Crippen LogP contribution in [0, 0.1) is 0 Å². The van der Waals surface area contributed by atoms with Gasteiger partial charge in [-0.1, -0.05) is 12.1 Å². The van der Waals surface area contributed by atoms with Gasteiger partial charge in [-0.3, -0.25) is 4.79 Å². The van der Waals surface area contributed by atoms with Crippen molar-refractivity contribution in [1.29, 1.82) is 0 Å². The van der Waals surface area contributed by atoms with E-state index in [-0.39, 0.29) is 5.91 Å². The highest BCUT2D eigenvalue weighted by atomic mass is 16.2. The summed E-state index contributed by atoms with van der Waals surface area (Å²) in [7, 11) is 0. The quantitative estimate of drug-likeness (QED) is 0.845. The van der Waals surface area contributed by atoms with Gasteiger partial charge >= 0.3 is 0 Å². The number of carbonyl (C=O) groups excluding carboxylic acids is 1. The molecule has 0 radical (unpaired) electrons. The lowest BCUT2D eigenvalue weighted by Crippen LogP contribution is -2.44. The fourth-order valence-electron chi connectivity index (χ4n) is 3.15. The summed E-state index contributed by atoms with van der Waals surface area (Å²) in [4.78, 5) is 14.3. The van der Waals surface area contributed by atoms with Gasteiger partial charge in [-0.25, -0.2) is 0 Å². The van der Waals surface area contributed by atoms with Gasteiger partial charge in [0.05, 0.1) is 6.04 Å². The molecular formula is C15H21N3O. The van der Waals surface area contributed by atoms with Crippen LogP contribution in [0.5, 0.6) is 0 Å². The average Bonchev–Trinajstić information content (AvgIpc) is 2.93. The number of fused-ring (bicyclic) bond motifs is 1. The first kappa shape index (κ1) is 12.6. The Hall–Kier alpha value is -1.39. The van der Waals surface area contributed by atoms with Crippen LogP contribution < -0.4 is 16.0 Å². The zero-order chi connectivity index (χ0) is 13.2. The molecule has 0 aliphatic carbocycles. The fraction of sp³-hybridized carbons (Fsp3) is 0.533. The minimum absolute atomic E-state index is 0.271. The Bertz CT molecular complexity index is 480. The van der Waals surface area contributed by atoms with Crippen molar-refractivity contribution < 1.29 is 4.79 Å². The van der Waals surface area contributed by atoms with E-state index < -0.39 is 0 Å². The predicted octanol–water partition coefficient (Wildman–Crippen LogP) is 0.829. The van der Waals surface area contributed by atoms with Crippen LogP contribution in [0.4, 0.5) is 5.69 Å². The molecule has 1 unspecified atom stereocenters. The molecule has 0 spiro atoms. The van der Waals surface area contributed by atoms with Gasteiger partial charge in [0, 0.05) is 18.7 Å². The van der Waals surface area contributed by atoms with Crippen LogP contribution >= 0.6 is 0 Å². The molecular weight excluding hydrogens is 238 g/mol. The third-order valence-electron chi connectivity index (χ3n) is 4.11. The number of nitrogens with one attached hydrogen (secondary N) is 1. The molecule has 0 bridgehead atoms. The molecule has 19 heavy (non-hydrogen) atoms. The summed E-state index contributed by atoms with van der Waals surface area (Å²) >= 11 is 0. The summed E-state index contributed by atoms with van der Waals surface area (Å²) in [6.45, 7) is 2.60. The van der Waals surface area contributed by atoms with Gasteiger partial charge in [-0.15, -0.1) is 0 Å². The van der Waals surface area contributed by atoms with Crippen molar-refractivity contribution in [3.05, 3.63) is 29.3 Å². The summed E-state index contributed by atoms with van der Waals surface area (Å²) in [5, 5.41) is 3.34. The smallest absolute Gasteiger partial charge is 0.227 e. The van der Waals surface area contributed by atoms with Gasteiger partial charge in [0.2, 0.25) is 5.91 Å². The van der Waals surface area contributed by atoms with Crippen molar-refractivity contribution in [3.63, 3.8) is 0 Å². The number of rotatable bonds is 3. The van der Waals surface area contributed by atoms with Crippen LogP contribution in [0.2, 0.25) is 0 Å². The van der Waals surface area contributed by atoms with E-state index in [1.54, 1.807) is 0 Å². The monoisotopic (exact) mass is 259 g/mol. The van der Waals surface area contributed by atoms with E-state index in [0.717, 1.165) is 38.0 Å². The summed E-state index contributed by atoms with van der Waals surface area (Å²) < 4.78 is 0. The van der Waals surface area contributed by atoms with Crippen LogP contribution in [0.15, 0.2) is 18.2 Å². The zero-order valence-electron chi connectivity index (χ0n) is 11.2. The first-order valence-electron chi connectivity index (χ1n) is 7.14. The van der Waals surface area contributed by atoms with Crippen LogP contribution in [-0.2, 0) is 17.6 Å². The number of hydrogen-bond acceptors (Lipinski definition) is 3. The van der Waals surface area contributed by atoms with Crippen LogP contribution in [0.1, 0.15) is 24.0 Å². The molecule has 2 aliphatic heterocycles. The minimum atomic E-state index is 0.271. The van der Waals surface area contributed by atoms with E-state index in [9.17, 15) is 4.79 Å². The molecule has 4 nitrogen and oxygen atoms in total. The first-order valence-corrected chi connectivity index (χ1v) is 7.14. The summed E-state index contributed by atoms with van der Waals surface area (Å²) in [6.07, 6.45) is 3.46. The van der Waals surface area contributed by atoms with Crippen molar-refractivity contribution >= 4 is 11.6 Å². The number of nitrogens with zero attached hydrogens (tertiary/aromatic N) is 1. The number of carbonyl (C=O) groups is 1. The second kappa shape index (κ2) is 5.31. The number of nitrogens with two attached hydrogens (primary N) is 1. The lowest BCUT2D eigenvalue weighted by Gasteiger charge is -2.34. The van der Waals surface area contributed by atoms with Gasteiger partial charge in [0.1, 0.15) is 0 Å². The topological polar surface area (TPSA) is 58.4 Å². The largest absolute Gasteiger partial charge is 0.330 e. The second-order valence-corrected chi connectivity index (χ2v) is 5.41. The van der Waals surface area contributed by atoms with Crippen LogP contribution in [0.3, 0.4) is 0 Å². The van der Waals surface area contributed by atoms with Crippen molar-refractivity contribution in [3.8, 4) is 0 Å². The van der Waals surface area contributed by atoms with E-state index >= 15 is 0 Å². The standard InChI is InChI=1S/C15H21N3O/c16-7-5-11-1-3-14-12(9-11)2-4-15(19)18(14)13-6-8-17-10-13/h1,3,9,13,17H,2,4-8,10,16H2. The van der Waals surface area contributed by atoms with E-state index in [4.69, 9.17) is 5.73 Å². The minimum Gasteiger partial charge on any atom is -0.330 e. The summed E-state index contributed by atoms with van der Waals surface area (Å²) in [5.41, 5.74) is 9.31. The van der Waals surface area contributed by atoms with E-state index in [1.807, 2.05) is 4.90 Å². The Morgan fingerprint density at radius 3 is 3.00 bits per heavy atom. The molecule has 4 heteroatoms. The molecule has 102 valence electrons. The zero-order valence-corrected chi connectivity index (χ0v) is 11.2. The highest BCUT2D eigenvalue weighted by Gasteiger charge is 2.31. The second-order valence-electron chi connectivity index (χ2n) is 5.41. The average molecular weight is 259 g/mol. The number of anilines is 1. The molecule has 1 amide bonds. The Labute approximate surface area is 114 Å². The first-order chi connectivity index (χ1) is 9.29. The van der Waals surface area contributed by atoms with Crippen molar-refractivity contribution in [2.45, 2.75) is 31.7 Å².